The molecule has 118 valence electrons. The molecule has 0 bridgehead atoms. The fraction of sp³-hybridized carbons (Fsp3) is 0.789. The predicted octanol–water partition coefficient (Wildman–Crippen LogP) is 5.93. The summed E-state index contributed by atoms with van der Waals surface area (Å²) >= 11 is 1.95. The van der Waals surface area contributed by atoms with E-state index >= 15 is 0 Å². The van der Waals surface area contributed by atoms with Crippen molar-refractivity contribution in [1.29, 1.82) is 0 Å². The van der Waals surface area contributed by atoms with Crippen LogP contribution in [0.4, 0.5) is 0 Å². The van der Waals surface area contributed by atoms with Gasteiger partial charge < -0.3 is 5.32 Å². The van der Waals surface area contributed by atoms with Crippen LogP contribution in [0.25, 0.3) is 0 Å². The van der Waals surface area contributed by atoms with Crippen LogP contribution in [0.3, 0.4) is 0 Å². The highest BCUT2D eigenvalue weighted by Crippen LogP contribution is 2.39. The Morgan fingerprint density at radius 1 is 1.05 bits per heavy atom. The Balaban J connectivity index is 1.69. The zero-order valence-electron chi connectivity index (χ0n) is 13.5. The first kappa shape index (κ1) is 15.6. The minimum atomic E-state index is 0.624. The van der Waals surface area contributed by atoms with Crippen LogP contribution >= 0.6 is 11.3 Å². The molecule has 0 saturated heterocycles. The maximum absolute atomic E-state index is 4.13. The molecule has 2 fully saturated rings. The lowest BCUT2D eigenvalue weighted by Gasteiger charge is -2.35. The SMILES string of the molecule is CCC(NC(c1cccs1)C1CCCC1)C1CCCCC1. The molecule has 0 aliphatic heterocycles. The lowest BCUT2D eigenvalue weighted by molar-refractivity contribution is 0.223. The predicted molar refractivity (Wildman–Crippen MR) is 92.8 cm³/mol. The van der Waals surface area contributed by atoms with Gasteiger partial charge in [0.2, 0.25) is 0 Å². The molecule has 1 nitrogen and oxygen atoms in total. The number of hydrogen-bond acceptors (Lipinski definition) is 2. The van der Waals surface area contributed by atoms with Gasteiger partial charge in [0, 0.05) is 17.0 Å². The molecule has 1 aromatic rings. The summed E-state index contributed by atoms with van der Waals surface area (Å²) in [5.74, 6) is 1.80. The molecule has 0 aromatic carbocycles. The van der Waals surface area contributed by atoms with Crippen LogP contribution in [0.2, 0.25) is 0 Å². The molecule has 2 aliphatic carbocycles. The standard InChI is InChI=1S/C19H31NS/c1-2-17(15-9-4-3-5-10-15)20-19(16-11-6-7-12-16)18-13-8-14-21-18/h8,13-17,19-20H,2-7,9-12H2,1H3. The average Bonchev–Trinajstić information content (AvgIpc) is 3.23. The lowest BCUT2D eigenvalue weighted by atomic mass is 9.82. The van der Waals surface area contributed by atoms with Gasteiger partial charge in [-0.1, -0.05) is 45.1 Å². The van der Waals surface area contributed by atoms with E-state index in [0.29, 0.717) is 6.04 Å². The van der Waals surface area contributed by atoms with Crippen LogP contribution in [0.1, 0.15) is 82.1 Å². The van der Waals surface area contributed by atoms with Crippen molar-refractivity contribution in [2.24, 2.45) is 11.8 Å². The Hall–Kier alpha value is -0.340. The van der Waals surface area contributed by atoms with E-state index in [1.54, 1.807) is 4.88 Å². The zero-order chi connectivity index (χ0) is 14.5. The van der Waals surface area contributed by atoms with Crippen LogP contribution in [-0.4, -0.2) is 6.04 Å². The van der Waals surface area contributed by atoms with Gasteiger partial charge in [0.15, 0.2) is 0 Å². The van der Waals surface area contributed by atoms with Gasteiger partial charge in [0.1, 0.15) is 0 Å². The van der Waals surface area contributed by atoms with Crippen molar-refractivity contribution in [3.63, 3.8) is 0 Å². The van der Waals surface area contributed by atoms with Gasteiger partial charge in [0.05, 0.1) is 0 Å². The van der Waals surface area contributed by atoms with E-state index in [2.05, 4.69) is 29.8 Å². The molecule has 2 unspecified atom stereocenters. The van der Waals surface area contributed by atoms with Crippen LogP contribution in [0.15, 0.2) is 17.5 Å². The fourth-order valence-electron chi connectivity index (χ4n) is 4.56. The van der Waals surface area contributed by atoms with Gasteiger partial charge in [0.25, 0.3) is 0 Å². The second kappa shape index (κ2) is 7.78. The van der Waals surface area contributed by atoms with Crippen LogP contribution in [0.5, 0.6) is 0 Å². The summed E-state index contributed by atoms with van der Waals surface area (Å²) in [7, 11) is 0. The highest BCUT2D eigenvalue weighted by Gasteiger charge is 2.31. The van der Waals surface area contributed by atoms with E-state index in [1.165, 1.54) is 64.2 Å². The van der Waals surface area contributed by atoms with Crippen molar-refractivity contribution in [3.8, 4) is 0 Å². The second-order valence-corrected chi connectivity index (χ2v) is 8.10. The highest BCUT2D eigenvalue weighted by atomic mass is 32.1. The van der Waals surface area contributed by atoms with E-state index in [4.69, 9.17) is 0 Å². The summed E-state index contributed by atoms with van der Waals surface area (Å²) in [4.78, 5) is 1.58. The van der Waals surface area contributed by atoms with Gasteiger partial charge in [-0.3, -0.25) is 0 Å². The molecule has 3 rings (SSSR count). The van der Waals surface area contributed by atoms with E-state index < -0.39 is 0 Å². The van der Waals surface area contributed by atoms with Crippen molar-refractivity contribution >= 4 is 11.3 Å². The fourth-order valence-corrected chi connectivity index (χ4v) is 5.44. The van der Waals surface area contributed by atoms with Crippen molar-refractivity contribution < 1.29 is 0 Å². The zero-order valence-corrected chi connectivity index (χ0v) is 14.3. The van der Waals surface area contributed by atoms with E-state index in [1.807, 2.05) is 11.3 Å². The number of hydrogen-bond donors (Lipinski definition) is 1. The third-order valence-electron chi connectivity index (χ3n) is 5.77. The Morgan fingerprint density at radius 2 is 1.71 bits per heavy atom. The lowest BCUT2D eigenvalue weighted by Crippen LogP contribution is -2.41. The Bertz CT molecular complexity index is 388. The molecular formula is C19H31NS. The molecule has 0 spiro atoms. The quantitative estimate of drug-likeness (QED) is 0.687. The van der Waals surface area contributed by atoms with Crippen molar-refractivity contribution in [2.45, 2.75) is 83.2 Å². The first-order valence-electron chi connectivity index (χ1n) is 9.18. The summed E-state index contributed by atoms with van der Waals surface area (Å²) in [5, 5.41) is 6.38. The summed E-state index contributed by atoms with van der Waals surface area (Å²) in [6, 6.07) is 5.94. The Labute approximate surface area is 134 Å². The van der Waals surface area contributed by atoms with Gasteiger partial charge in [-0.25, -0.2) is 0 Å². The minimum Gasteiger partial charge on any atom is -0.306 e. The maximum atomic E-state index is 4.13. The summed E-state index contributed by atoms with van der Waals surface area (Å²) < 4.78 is 0. The Morgan fingerprint density at radius 3 is 2.33 bits per heavy atom. The first-order valence-corrected chi connectivity index (χ1v) is 10.1. The van der Waals surface area contributed by atoms with Crippen molar-refractivity contribution in [3.05, 3.63) is 22.4 Å². The summed E-state index contributed by atoms with van der Waals surface area (Å²) in [6.45, 7) is 2.38. The van der Waals surface area contributed by atoms with Gasteiger partial charge in [-0.2, -0.15) is 0 Å². The van der Waals surface area contributed by atoms with Gasteiger partial charge >= 0.3 is 0 Å². The van der Waals surface area contributed by atoms with Gasteiger partial charge in [-0.05, 0) is 55.4 Å². The van der Waals surface area contributed by atoms with Crippen LogP contribution in [0, 0.1) is 11.8 Å². The van der Waals surface area contributed by atoms with E-state index in [-0.39, 0.29) is 0 Å². The van der Waals surface area contributed by atoms with Crippen molar-refractivity contribution in [2.75, 3.05) is 0 Å². The molecule has 0 radical (unpaired) electrons. The smallest absolute Gasteiger partial charge is 0.0445 e. The number of nitrogens with one attached hydrogen (secondary N) is 1. The Kier molecular flexibility index (Phi) is 5.76. The summed E-state index contributed by atoms with van der Waals surface area (Å²) in [6.07, 6.45) is 14.3. The monoisotopic (exact) mass is 305 g/mol. The van der Waals surface area contributed by atoms with Crippen molar-refractivity contribution in [1.82, 2.24) is 5.32 Å². The van der Waals surface area contributed by atoms with E-state index in [0.717, 1.165) is 17.9 Å². The third-order valence-corrected chi connectivity index (χ3v) is 6.73. The normalized spacial score (nSPS) is 24.2. The molecular weight excluding hydrogens is 274 g/mol. The number of rotatable bonds is 6. The van der Waals surface area contributed by atoms with E-state index in [9.17, 15) is 0 Å². The third kappa shape index (κ3) is 3.90. The molecule has 1 aromatic heterocycles. The topological polar surface area (TPSA) is 12.0 Å². The molecule has 2 aliphatic rings. The minimum absolute atomic E-state index is 0.624. The maximum Gasteiger partial charge on any atom is 0.0445 e. The van der Waals surface area contributed by atoms with Gasteiger partial charge in [-0.15, -0.1) is 11.3 Å². The largest absolute Gasteiger partial charge is 0.306 e. The second-order valence-electron chi connectivity index (χ2n) is 7.12. The summed E-state index contributed by atoms with van der Waals surface area (Å²) in [5.41, 5.74) is 0. The highest BCUT2D eigenvalue weighted by molar-refractivity contribution is 7.10. The molecule has 2 heteroatoms. The first-order chi connectivity index (χ1) is 10.4. The molecule has 2 saturated carbocycles. The average molecular weight is 306 g/mol. The van der Waals surface area contributed by atoms with Crippen LogP contribution < -0.4 is 5.32 Å². The molecule has 2 atom stereocenters. The molecule has 0 amide bonds. The van der Waals surface area contributed by atoms with Crippen LogP contribution in [-0.2, 0) is 0 Å². The number of thiophene rings is 1. The molecule has 1 heterocycles. The molecule has 1 N–H and O–H groups in total. The molecule has 21 heavy (non-hydrogen) atoms.